The van der Waals surface area contributed by atoms with Gasteiger partial charge in [0.05, 0.1) is 5.02 Å². The summed E-state index contributed by atoms with van der Waals surface area (Å²) in [7, 11) is 0. The summed E-state index contributed by atoms with van der Waals surface area (Å²) in [6.45, 7) is 1.41. The van der Waals surface area contributed by atoms with E-state index < -0.39 is 5.51 Å². The first-order valence-corrected chi connectivity index (χ1v) is 5.51. The Hall–Kier alpha value is -0.680. The quantitative estimate of drug-likeness (QED) is 0.768. The smallest absolute Gasteiger partial charge is 0.300 e. The summed E-state index contributed by atoms with van der Waals surface area (Å²) in [5.74, 6) is -0.0627. The highest BCUT2D eigenvalue weighted by molar-refractivity contribution is 8.00. The molecule has 0 aromatic heterocycles. The summed E-state index contributed by atoms with van der Waals surface area (Å²) in [6.07, 6.45) is 0.177. The largest absolute Gasteiger partial charge is 0.446 e. The lowest BCUT2D eigenvalue weighted by Crippen LogP contribution is -2.00. The maximum Gasteiger partial charge on any atom is 0.446 e. The third kappa shape index (κ3) is 4.45. The first-order valence-electron chi connectivity index (χ1n) is 4.31. The van der Waals surface area contributed by atoms with E-state index >= 15 is 0 Å². The third-order valence-electron chi connectivity index (χ3n) is 1.68. The summed E-state index contributed by atoms with van der Waals surface area (Å²) < 4.78 is 36.2. The lowest BCUT2D eigenvalue weighted by atomic mass is 10.1. The molecule has 1 aromatic carbocycles. The molecule has 0 N–H and O–H groups in total. The van der Waals surface area contributed by atoms with E-state index in [1.165, 1.54) is 25.1 Å². The van der Waals surface area contributed by atoms with Gasteiger partial charge in [-0.25, -0.2) is 0 Å². The number of thioether (sulfide) groups is 1. The van der Waals surface area contributed by atoms with Crippen LogP contribution >= 0.6 is 23.4 Å². The Balaban J connectivity index is 2.87. The molecule has 6 heteroatoms. The minimum absolute atomic E-state index is 0.0149. The number of benzene rings is 1. The van der Waals surface area contributed by atoms with Crippen LogP contribution in [0, 0.1) is 0 Å². The number of hydrogen-bond donors (Lipinski definition) is 0. The molecule has 88 valence electrons. The fourth-order valence-corrected chi connectivity index (χ4v) is 2.01. The Morgan fingerprint density at radius 2 is 2.06 bits per heavy atom. The molecule has 16 heavy (non-hydrogen) atoms. The van der Waals surface area contributed by atoms with Gasteiger partial charge in [-0.1, -0.05) is 17.7 Å². The lowest BCUT2D eigenvalue weighted by molar-refractivity contribution is -0.116. The van der Waals surface area contributed by atoms with Gasteiger partial charge >= 0.3 is 5.51 Å². The summed E-state index contributed by atoms with van der Waals surface area (Å²) in [6, 6.07) is 4.14. The van der Waals surface area contributed by atoms with E-state index in [2.05, 4.69) is 0 Å². The summed E-state index contributed by atoms with van der Waals surface area (Å²) in [5, 5.41) is 0.0149. The molecule has 0 aliphatic heterocycles. The number of carbonyl (C=O) groups excluding carboxylic acids is 1. The average Bonchev–Trinajstić information content (AvgIpc) is 2.06. The Morgan fingerprint density at radius 3 is 2.50 bits per heavy atom. The van der Waals surface area contributed by atoms with E-state index in [0.29, 0.717) is 5.56 Å². The second-order valence-corrected chi connectivity index (χ2v) is 4.71. The van der Waals surface area contributed by atoms with Gasteiger partial charge in [-0.3, -0.25) is 4.79 Å². The topological polar surface area (TPSA) is 17.1 Å². The minimum atomic E-state index is -4.36. The van der Waals surface area contributed by atoms with Gasteiger partial charge < -0.3 is 0 Å². The number of halogens is 4. The zero-order chi connectivity index (χ0) is 12.3. The first kappa shape index (κ1) is 13.4. The van der Waals surface area contributed by atoms with Crippen molar-refractivity contribution in [2.45, 2.75) is 23.7 Å². The molecule has 0 radical (unpaired) electrons. The van der Waals surface area contributed by atoms with Crippen LogP contribution in [0.5, 0.6) is 0 Å². The average molecular weight is 269 g/mol. The Labute approximate surface area is 100.0 Å². The fourth-order valence-electron chi connectivity index (χ4n) is 1.15. The Morgan fingerprint density at radius 1 is 1.44 bits per heavy atom. The zero-order valence-electron chi connectivity index (χ0n) is 8.27. The van der Waals surface area contributed by atoms with Crippen LogP contribution in [0.25, 0.3) is 0 Å². The van der Waals surface area contributed by atoms with Crippen molar-refractivity contribution < 1.29 is 18.0 Å². The molecule has 1 nitrogen and oxygen atoms in total. The molecule has 0 atom stereocenters. The molecule has 0 heterocycles. The minimum Gasteiger partial charge on any atom is -0.300 e. The Bertz CT molecular complexity index is 404. The van der Waals surface area contributed by atoms with Crippen molar-refractivity contribution in [2.75, 3.05) is 0 Å². The monoisotopic (exact) mass is 268 g/mol. The van der Waals surface area contributed by atoms with Gasteiger partial charge in [0.1, 0.15) is 5.78 Å². The van der Waals surface area contributed by atoms with E-state index in [0.717, 1.165) is 0 Å². The second-order valence-electron chi connectivity index (χ2n) is 3.19. The van der Waals surface area contributed by atoms with E-state index in [4.69, 9.17) is 11.6 Å². The summed E-state index contributed by atoms with van der Waals surface area (Å²) >= 11 is 5.42. The van der Waals surface area contributed by atoms with E-state index in [1.54, 1.807) is 0 Å². The van der Waals surface area contributed by atoms with Crippen LogP contribution in [0.4, 0.5) is 13.2 Å². The third-order valence-corrected chi connectivity index (χ3v) is 2.91. The fraction of sp³-hybridized carbons (Fsp3) is 0.300. The molecule has 0 fully saturated rings. The summed E-state index contributed by atoms with van der Waals surface area (Å²) in [5.41, 5.74) is -3.74. The zero-order valence-corrected chi connectivity index (χ0v) is 9.84. The lowest BCUT2D eigenvalue weighted by Gasteiger charge is -2.08. The van der Waals surface area contributed by atoms with Gasteiger partial charge in [0.25, 0.3) is 0 Å². The molecule has 0 spiro atoms. The van der Waals surface area contributed by atoms with Crippen molar-refractivity contribution in [2.24, 2.45) is 0 Å². The number of rotatable bonds is 3. The first-order chi connectivity index (χ1) is 7.28. The molecule has 0 amide bonds. The maximum absolute atomic E-state index is 12.1. The van der Waals surface area contributed by atoms with Crippen LogP contribution in [0.2, 0.25) is 5.02 Å². The molecule has 0 saturated carbocycles. The SMILES string of the molecule is CC(=O)Cc1ccc(SC(F)(F)F)c(Cl)c1. The van der Waals surface area contributed by atoms with Crippen molar-refractivity contribution in [3.63, 3.8) is 0 Å². The van der Waals surface area contributed by atoms with E-state index in [-0.39, 0.29) is 33.9 Å². The number of ketones is 1. The molecule has 1 rings (SSSR count). The highest BCUT2D eigenvalue weighted by atomic mass is 35.5. The van der Waals surface area contributed by atoms with Gasteiger partial charge in [0.2, 0.25) is 0 Å². The molecule has 0 bridgehead atoms. The standard InChI is InChI=1S/C10H8ClF3OS/c1-6(15)4-7-2-3-9(8(11)5-7)16-10(12,13)14/h2-3,5H,4H2,1H3. The number of alkyl halides is 3. The molecule has 0 aliphatic rings. The van der Waals surface area contributed by atoms with Crippen LogP contribution in [0.3, 0.4) is 0 Å². The van der Waals surface area contributed by atoms with Crippen LogP contribution in [-0.2, 0) is 11.2 Å². The number of carbonyl (C=O) groups is 1. The van der Waals surface area contributed by atoms with Crippen molar-refractivity contribution in [3.8, 4) is 0 Å². The highest BCUT2D eigenvalue weighted by Gasteiger charge is 2.30. The maximum atomic E-state index is 12.1. The van der Waals surface area contributed by atoms with Crippen LogP contribution in [-0.4, -0.2) is 11.3 Å². The molecule has 0 saturated heterocycles. The van der Waals surface area contributed by atoms with Crippen LogP contribution in [0.15, 0.2) is 23.1 Å². The van der Waals surface area contributed by atoms with Gasteiger partial charge in [-0.15, -0.1) is 0 Å². The van der Waals surface area contributed by atoms with Gasteiger partial charge in [-0.05, 0) is 36.4 Å². The molecular formula is C10H8ClF3OS. The van der Waals surface area contributed by atoms with Crippen molar-refractivity contribution in [1.82, 2.24) is 0 Å². The number of hydrogen-bond acceptors (Lipinski definition) is 2. The van der Waals surface area contributed by atoms with Crippen LogP contribution < -0.4 is 0 Å². The van der Waals surface area contributed by atoms with Gasteiger partial charge in [0, 0.05) is 11.3 Å². The highest BCUT2D eigenvalue weighted by Crippen LogP contribution is 2.40. The predicted octanol–water partition coefficient (Wildman–Crippen LogP) is 4.08. The van der Waals surface area contributed by atoms with E-state index in [9.17, 15) is 18.0 Å². The number of Topliss-reactive ketones (excluding diaryl/α,β-unsaturated/α-hetero) is 1. The molecule has 0 aliphatic carbocycles. The summed E-state index contributed by atoms with van der Waals surface area (Å²) in [4.78, 5) is 10.8. The predicted molar refractivity (Wildman–Crippen MR) is 57.7 cm³/mol. The van der Waals surface area contributed by atoms with Crippen LogP contribution in [0.1, 0.15) is 12.5 Å². The second kappa shape index (κ2) is 5.10. The van der Waals surface area contributed by atoms with Crippen molar-refractivity contribution in [3.05, 3.63) is 28.8 Å². The molecule has 0 unspecified atom stereocenters. The molecular weight excluding hydrogens is 261 g/mol. The molecule has 1 aromatic rings. The normalized spacial score (nSPS) is 11.6. The van der Waals surface area contributed by atoms with E-state index in [1.807, 2.05) is 0 Å². The van der Waals surface area contributed by atoms with Crippen molar-refractivity contribution >= 4 is 29.1 Å². The van der Waals surface area contributed by atoms with Crippen molar-refractivity contribution in [1.29, 1.82) is 0 Å². The van der Waals surface area contributed by atoms with Gasteiger partial charge in [0.15, 0.2) is 0 Å². The van der Waals surface area contributed by atoms with Gasteiger partial charge in [-0.2, -0.15) is 13.2 Å². The Kier molecular flexibility index (Phi) is 4.27.